The molecule has 1 aliphatic carbocycles. The fourth-order valence-electron chi connectivity index (χ4n) is 3.40. The quantitative estimate of drug-likeness (QED) is 0.781. The summed E-state index contributed by atoms with van der Waals surface area (Å²) in [6.07, 6.45) is -2.56. The summed E-state index contributed by atoms with van der Waals surface area (Å²) in [5.74, 6) is -0.484. The van der Waals surface area contributed by atoms with E-state index in [1.54, 1.807) is 13.0 Å². The van der Waals surface area contributed by atoms with Gasteiger partial charge >= 0.3 is 12.1 Å². The van der Waals surface area contributed by atoms with Crippen molar-refractivity contribution in [2.75, 3.05) is 6.61 Å². The SMILES string of the molecule is Cc1ccc(C(F)(F)F)c(COc2ccc3c(c2)CCC(OCC(=O)O)C3)c1. The summed E-state index contributed by atoms with van der Waals surface area (Å²) in [5, 5.41) is 8.70. The lowest BCUT2D eigenvalue weighted by Gasteiger charge is -2.25. The van der Waals surface area contributed by atoms with E-state index in [0.29, 0.717) is 25.0 Å². The molecular weight excluding hydrogens is 373 g/mol. The number of aryl methyl sites for hydroxylation is 2. The molecule has 0 amide bonds. The van der Waals surface area contributed by atoms with E-state index in [0.717, 1.165) is 22.8 Å². The van der Waals surface area contributed by atoms with Crippen molar-refractivity contribution in [3.8, 4) is 5.75 Å². The summed E-state index contributed by atoms with van der Waals surface area (Å²) < 4.78 is 50.5. The number of fused-ring (bicyclic) bond motifs is 1. The molecule has 0 heterocycles. The summed E-state index contributed by atoms with van der Waals surface area (Å²) in [5.41, 5.74) is 2.25. The van der Waals surface area contributed by atoms with Crippen LogP contribution in [0.3, 0.4) is 0 Å². The third kappa shape index (κ3) is 5.04. The van der Waals surface area contributed by atoms with Crippen molar-refractivity contribution in [2.45, 2.75) is 45.1 Å². The number of alkyl halides is 3. The molecule has 0 fully saturated rings. The Kier molecular flexibility index (Phi) is 5.93. The Morgan fingerprint density at radius 3 is 2.68 bits per heavy atom. The highest BCUT2D eigenvalue weighted by Gasteiger charge is 2.33. The van der Waals surface area contributed by atoms with Gasteiger partial charge in [-0.15, -0.1) is 0 Å². The Morgan fingerprint density at radius 2 is 1.96 bits per heavy atom. The molecule has 0 saturated heterocycles. The lowest BCUT2D eigenvalue weighted by molar-refractivity contribution is -0.144. The van der Waals surface area contributed by atoms with Gasteiger partial charge in [0, 0.05) is 5.56 Å². The molecular formula is C21H21F3O4. The van der Waals surface area contributed by atoms with Crippen LogP contribution in [0.2, 0.25) is 0 Å². The van der Waals surface area contributed by atoms with Crippen LogP contribution < -0.4 is 4.74 Å². The van der Waals surface area contributed by atoms with Gasteiger partial charge in [0.2, 0.25) is 0 Å². The van der Waals surface area contributed by atoms with Crippen molar-refractivity contribution in [2.24, 2.45) is 0 Å². The first-order valence-electron chi connectivity index (χ1n) is 8.97. The second-order valence-corrected chi connectivity index (χ2v) is 6.95. The molecule has 1 atom stereocenters. The van der Waals surface area contributed by atoms with Gasteiger partial charge in [-0.25, -0.2) is 4.79 Å². The van der Waals surface area contributed by atoms with Crippen LogP contribution in [0.15, 0.2) is 36.4 Å². The molecule has 7 heteroatoms. The van der Waals surface area contributed by atoms with Gasteiger partial charge in [0.15, 0.2) is 0 Å². The van der Waals surface area contributed by atoms with E-state index >= 15 is 0 Å². The molecule has 1 unspecified atom stereocenters. The maximum atomic E-state index is 13.2. The Hall–Kier alpha value is -2.54. The number of ether oxygens (including phenoxy) is 2. The van der Waals surface area contributed by atoms with E-state index in [1.165, 1.54) is 12.1 Å². The van der Waals surface area contributed by atoms with Crippen LogP contribution in [0.1, 0.15) is 34.2 Å². The molecule has 0 spiro atoms. The van der Waals surface area contributed by atoms with Crippen molar-refractivity contribution >= 4 is 5.97 Å². The molecule has 0 saturated carbocycles. The van der Waals surface area contributed by atoms with E-state index in [9.17, 15) is 18.0 Å². The molecule has 2 aromatic rings. The summed E-state index contributed by atoms with van der Waals surface area (Å²) in [7, 11) is 0. The third-order valence-electron chi connectivity index (χ3n) is 4.76. The molecule has 150 valence electrons. The van der Waals surface area contributed by atoms with Crippen molar-refractivity contribution in [3.63, 3.8) is 0 Å². The molecule has 0 radical (unpaired) electrons. The fraction of sp³-hybridized carbons (Fsp3) is 0.381. The highest BCUT2D eigenvalue weighted by molar-refractivity contribution is 5.68. The number of carboxylic acid groups (broad SMARTS) is 1. The van der Waals surface area contributed by atoms with Gasteiger partial charge in [-0.2, -0.15) is 13.2 Å². The first-order valence-corrected chi connectivity index (χ1v) is 8.97. The van der Waals surface area contributed by atoms with Gasteiger partial charge in [-0.05, 0) is 55.5 Å². The minimum Gasteiger partial charge on any atom is -0.489 e. The minimum absolute atomic E-state index is 0.104. The second-order valence-electron chi connectivity index (χ2n) is 6.95. The van der Waals surface area contributed by atoms with E-state index in [4.69, 9.17) is 14.6 Å². The number of halogens is 3. The van der Waals surface area contributed by atoms with E-state index in [1.807, 2.05) is 12.1 Å². The Morgan fingerprint density at radius 1 is 1.18 bits per heavy atom. The maximum absolute atomic E-state index is 13.2. The Labute approximate surface area is 160 Å². The highest BCUT2D eigenvalue weighted by atomic mass is 19.4. The third-order valence-corrected chi connectivity index (χ3v) is 4.76. The number of hydrogen-bond acceptors (Lipinski definition) is 3. The zero-order valence-electron chi connectivity index (χ0n) is 15.4. The van der Waals surface area contributed by atoms with Crippen LogP contribution in [-0.2, 0) is 35.2 Å². The van der Waals surface area contributed by atoms with Gasteiger partial charge in [-0.3, -0.25) is 0 Å². The van der Waals surface area contributed by atoms with Crippen molar-refractivity contribution in [1.82, 2.24) is 0 Å². The molecule has 28 heavy (non-hydrogen) atoms. The van der Waals surface area contributed by atoms with Gasteiger partial charge in [0.1, 0.15) is 19.0 Å². The largest absolute Gasteiger partial charge is 0.489 e. The first-order chi connectivity index (χ1) is 13.2. The van der Waals surface area contributed by atoms with Crippen LogP contribution in [0.5, 0.6) is 5.75 Å². The Bertz CT molecular complexity index is 861. The monoisotopic (exact) mass is 394 g/mol. The van der Waals surface area contributed by atoms with E-state index in [-0.39, 0.29) is 24.9 Å². The average Bonchev–Trinajstić information content (AvgIpc) is 2.63. The molecule has 0 bridgehead atoms. The molecule has 4 nitrogen and oxygen atoms in total. The number of hydrogen-bond donors (Lipinski definition) is 1. The molecule has 0 aromatic heterocycles. The van der Waals surface area contributed by atoms with Crippen LogP contribution in [0.25, 0.3) is 0 Å². The van der Waals surface area contributed by atoms with Gasteiger partial charge in [0.05, 0.1) is 11.7 Å². The maximum Gasteiger partial charge on any atom is 0.416 e. The van der Waals surface area contributed by atoms with Crippen molar-refractivity contribution < 1.29 is 32.5 Å². The first kappa shape index (κ1) is 20.2. The standard InChI is InChI=1S/C21H21F3O4/c1-13-2-7-19(21(22,23)24)16(8-13)11-27-17-5-3-15-10-18(28-12-20(25)26)6-4-14(15)9-17/h2-3,5,7-9,18H,4,6,10-12H2,1H3,(H,25,26). The smallest absolute Gasteiger partial charge is 0.416 e. The molecule has 2 aromatic carbocycles. The average molecular weight is 394 g/mol. The van der Waals surface area contributed by atoms with Gasteiger partial charge < -0.3 is 14.6 Å². The molecule has 3 rings (SSSR count). The van der Waals surface area contributed by atoms with Crippen LogP contribution >= 0.6 is 0 Å². The summed E-state index contributed by atoms with van der Waals surface area (Å²) >= 11 is 0. The highest BCUT2D eigenvalue weighted by Crippen LogP contribution is 2.33. The summed E-state index contributed by atoms with van der Waals surface area (Å²) in [6.45, 7) is 1.25. The fourth-order valence-corrected chi connectivity index (χ4v) is 3.40. The number of benzene rings is 2. The van der Waals surface area contributed by atoms with Crippen molar-refractivity contribution in [3.05, 3.63) is 64.2 Å². The van der Waals surface area contributed by atoms with Crippen LogP contribution in [-0.4, -0.2) is 23.8 Å². The predicted molar refractivity (Wildman–Crippen MR) is 96.4 cm³/mol. The second kappa shape index (κ2) is 8.22. The summed E-state index contributed by atoms with van der Waals surface area (Å²) in [4.78, 5) is 10.6. The van der Waals surface area contributed by atoms with Crippen LogP contribution in [0.4, 0.5) is 13.2 Å². The minimum atomic E-state index is -4.42. The van der Waals surface area contributed by atoms with Gasteiger partial charge in [-0.1, -0.05) is 23.8 Å². The zero-order chi connectivity index (χ0) is 20.3. The van der Waals surface area contributed by atoms with Crippen molar-refractivity contribution in [1.29, 1.82) is 0 Å². The molecule has 0 aliphatic heterocycles. The normalized spacial score (nSPS) is 16.5. The van der Waals surface area contributed by atoms with E-state index < -0.39 is 17.7 Å². The Balaban J connectivity index is 1.68. The van der Waals surface area contributed by atoms with Crippen LogP contribution in [0, 0.1) is 6.92 Å². The number of carbonyl (C=O) groups is 1. The number of rotatable bonds is 6. The van der Waals surface area contributed by atoms with Gasteiger partial charge in [0.25, 0.3) is 0 Å². The number of aliphatic carboxylic acids is 1. The number of carboxylic acids is 1. The lowest BCUT2D eigenvalue weighted by atomic mass is 9.89. The predicted octanol–water partition coefficient (Wildman–Crippen LogP) is 4.55. The van der Waals surface area contributed by atoms with E-state index in [2.05, 4.69) is 0 Å². The molecule has 1 N–H and O–H groups in total. The topological polar surface area (TPSA) is 55.8 Å². The zero-order valence-corrected chi connectivity index (χ0v) is 15.4. The summed E-state index contributed by atoms with van der Waals surface area (Å²) in [6, 6.07) is 9.44. The lowest BCUT2D eigenvalue weighted by Crippen LogP contribution is -2.25. The molecule has 1 aliphatic rings.